The summed E-state index contributed by atoms with van der Waals surface area (Å²) < 4.78 is 0. The van der Waals surface area contributed by atoms with Gasteiger partial charge >= 0.3 is 6.09 Å². The van der Waals surface area contributed by atoms with E-state index >= 15 is 0 Å². The molecule has 0 spiro atoms. The van der Waals surface area contributed by atoms with Crippen molar-refractivity contribution in [2.45, 2.75) is 46.6 Å². The highest BCUT2D eigenvalue weighted by atomic mass is 35.5. The van der Waals surface area contributed by atoms with Gasteiger partial charge in [-0.25, -0.2) is 4.79 Å². The molecule has 2 saturated heterocycles. The number of aryl methyl sites for hydroxylation is 1. The number of benzene rings is 1. The molecule has 31 heavy (non-hydrogen) atoms. The largest absolute Gasteiger partial charge is 0.465 e. The number of nitro groups is 1. The van der Waals surface area contributed by atoms with E-state index in [9.17, 15) is 20.0 Å². The van der Waals surface area contributed by atoms with Crippen molar-refractivity contribution in [2.75, 3.05) is 44.2 Å². The molecule has 0 aromatic heterocycles. The molecular weight excluding hydrogens is 420 g/mol. The zero-order chi connectivity index (χ0) is 22.9. The fourth-order valence-corrected chi connectivity index (χ4v) is 5.15. The van der Waals surface area contributed by atoms with E-state index in [4.69, 9.17) is 11.6 Å². The summed E-state index contributed by atoms with van der Waals surface area (Å²) in [5.41, 5.74) is 1.68. The molecule has 2 aliphatic rings. The van der Waals surface area contributed by atoms with E-state index in [0.29, 0.717) is 12.5 Å². The van der Waals surface area contributed by atoms with Crippen molar-refractivity contribution < 1.29 is 14.8 Å². The molecule has 0 aliphatic carbocycles. The normalized spacial score (nSPS) is 23.1. The minimum absolute atomic E-state index is 0.0370. The molecule has 1 amide bonds. The van der Waals surface area contributed by atoms with Gasteiger partial charge < -0.3 is 14.9 Å². The van der Waals surface area contributed by atoms with Crippen molar-refractivity contribution in [3.8, 4) is 0 Å². The average Bonchev–Trinajstić information content (AvgIpc) is 2.69. The smallest absolute Gasteiger partial charge is 0.407 e. The highest BCUT2D eigenvalue weighted by Gasteiger charge is 2.39. The standard InChI is InChI=1S/C22H33ClN4O4/c1-15-11-19(27(30)31)17(23)13-18(15)25-9-7-24(8-10-25)14-16-5-6-26(21(28)29)20(12-16)22(2,3)4/h11,13,16,20H,5-10,12,14H2,1-4H3,(H,28,29). The van der Waals surface area contributed by atoms with Gasteiger partial charge in [-0.2, -0.15) is 0 Å². The highest BCUT2D eigenvalue weighted by molar-refractivity contribution is 6.33. The average molecular weight is 453 g/mol. The first-order valence-corrected chi connectivity index (χ1v) is 11.3. The van der Waals surface area contributed by atoms with Gasteiger partial charge in [0.05, 0.1) is 4.92 Å². The van der Waals surface area contributed by atoms with Gasteiger partial charge in [0.15, 0.2) is 0 Å². The number of carboxylic acid groups (broad SMARTS) is 1. The van der Waals surface area contributed by atoms with Crippen molar-refractivity contribution >= 4 is 29.1 Å². The lowest BCUT2D eigenvalue weighted by Gasteiger charge is -2.46. The Hall–Kier alpha value is -2.06. The van der Waals surface area contributed by atoms with Crippen LogP contribution in [0.2, 0.25) is 5.02 Å². The Kier molecular flexibility index (Phi) is 7.01. The van der Waals surface area contributed by atoms with E-state index in [2.05, 4.69) is 30.6 Å². The van der Waals surface area contributed by atoms with E-state index in [1.54, 1.807) is 17.0 Å². The molecule has 8 nitrogen and oxygen atoms in total. The monoisotopic (exact) mass is 452 g/mol. The molecule has 172 valence electrons. The summed E-state index contributed by atoms with van der Waals surface area (Å²) in [5, 5.41) is 20.8. The van der Waals surface area contributed by atoms with Crippen molar-refractivity contribution in [3.63, 3.8) is 0 Å². The van der Waals surface area contributed by atoms with Crippen LogP contribution in [0, 0.1) is 28.4 Å². The summed E-state index contributed by atoms with van der Waals surface area (Å²) in [6.07, 6.45) is 0.979. The zero-order valence-corrected chi connectivity index (χ0v) is 19.6. The van der Waals surface area contributed by atoms with Crippen LogP contribution in [0.15, 0.2) is 12.1 Å². The van der Waals surface area contributed by atoms with Crippen LogP contribution in [0.25, 0.3) is 0 Å². The second kappa shape index (κ2) is 9.20. The van der Waals surface area contributed by atoms with E-state index in [1.165, 1.54) is 0 Å². The molecule has 2 unspecified atom stereocenters. The van der Waals surface area contributed by atoms with Crippen LogP contribution < -0.4 is 4.90 Å². The van der Waals surface area contributed by atoms with Gasteiger partial charge in [0.2, 0.25) is 0 Å². The first-order valence-electron chi connectivity index (χ1n) is 10.9. The van der Waals surface area contributed by atoms with E-state index in [1.807, 2.05) is 6.92 Å². The maximum atomic E-state index is 11.7. The highest BCUT2D eigenvalue weighted by Crippen LogP contribution is 2.36. The number of hydrogen-bond acceptors (Lipinski definition) is 5. The Bertz CT molecular complexity index is 834. The first-order chi connectivity index (χ1) is 14.5. The fraction of sp³-hybridized carbons (Fsp3) is 0.682. The van der Waals surface area contributed by atoms with Gasteiger partial charge in [-0.05, 0) is 42.7 Å². The topological polar surface area (TPSA) is 90.2 Å². The number of amides is 1. The number of likely N-dealkylation sites (tertiary alicyclic amines) is 1. The summed E-state index contributed by atoms with van der Waals surface area (Å²) in [4.78, 5) is 28.6. The van der Waals surface area contributed by atoms with Crippen LogP contribution in [0.3, 0.4) is 0 Å². The molecule has 2 atom stereocenters. The number of piperazine rings is 1. The van der Waals surface area contributed by atoms with Crippen LogP contribution >= 0.6 is 11.6 Å². The molecule has 0 bridgehead atoms. The lowest BCUT2D eigenvalue weighted by Crippen LogP contribution is -2.54. The lowest BCUT2D eigenvalue weighted by molar-refractivity contribution is -0.384. The van der Waals surface area contributed by atoms with Crippen LogP contribution in [-0.2, 0) is 0 Å². The number of hydrogen-bond donors (Lipinski definition) is 1. The number of carbonyl (C=O) groups is 1. The minimum Gasteiger partial charge on any atom is -0.465 e. The van der Waals surface area contributed by atoms with Crippen LogP contribution in [-0.4, -0.2) is 71.2 Å². The summed E-state index contributed by atoms with van der Waals surface area (Å²) in [5.74, 6) is 0.488. The minimum atomic E-state index is -0.816. The van der Waals surface area contributed by atoms with Gasteiger partial charge in [-0.1, -0.05) is 32.4 Å². The second-order valence-electron chi connectivity index (χ2n) is 9.88. The number of nitrogens with zero attached hydrogens (tertiary/aromatic N) is 4. The molecule has 2 heterocycles. The Morgan fingerprint density at radius 3 is 2.42 bits per heavy atom. The maximum absolute atomic E-state index is 11.7. The Labute approximate surface area is 188 Å². The number of anilines is 1. The third-order valence-electron chi connectivity index (χ3n) is 6.65. The molecule has 2 aliphatic heterocycles. The van der Waals surface area contributed by atoms with Crippen molar-refractivity contribution in [1.29, 1.82) is 0 Å². The van der Waals surface area contributed by atoms with Gasteiger partial charge in [0, 0.05) is 57.1 Å². The SMILES string of the molecule is Cc1cc([N+](=O)[O-])c(Cl)cc1N1CCN(CC2CCN(C(=O)O)C(C(C)(C)C)C2)CC1. The molecular formula is C22H33ClN4O4. The number of rotatable bonds is 4. The summed E-state index contributed by atoms with van der Waals surface area (Å²) in [6.45, 7) is 13.3. The van der Waals surface area contributed by atoms with Gasteiger partial charge in [0.1, 0.15) is 5.02 Å². The Morgan fingerprint density at radius 2 is 1.87 bits per heavy atom. The lowest BCUT2D eigenvalue weighted by atomic mass is 9.77. The van der Waals surface area contributed by atoms with Gasteiger partial charge in [0.25, 0.3) is 5.69 Å². The molecule has 1 aromatic rings. The summed E-state index contributed by atoms with van der Waals surface area (Å²) >= 11 is 6.13. The zero-order valence-electron chi connectivity index (χ0n) is 18.8. The van der Waals surface area contributed by atoms with Crippen LogP contribution in [0.5, 0.6) is 0 Å². The maximum Gasteiger partial charge on any atom is 0.407 e. The fourth-order valence-electron chi connectivity index (χ4n) is 4.93. The predicted octanol–water partition coefficient (Wildman–Crippen LogP) is 4.48. The third kappa shape index (κ3) is 5.41. The summed E-state index contributed by atoms with van der Waals surface area (Å²) in [6, 6.07) is 3.29. The second-order valence-corrected chi connectivity index (χ2v) is 10.3. The molecule has 0 radical (unpaired) electrons. The third-order valence-corrected chi connectivity index (χ3v) is 6.95. The van der Waals surface area contributed by atoms with Crippen molar-refractivity contribution in [2.24, 2.45) is 11.3 Å². The van der Waals surface area contributed by atoms with E-state index in [-0.39, 0.29) is 22.2 Å². The molecule has 3 rings (SSSR count). The Morgan fingerprint density at radius 1 is 1.23 bits per heavy atom. The molecule has 0 saturated carbocycles. The number of nitro benzene ring substituents is 1. The number of halogens is 1. The van der Waals surface area contributed by atoms with E-state index in [0.717, 1.165) is 56.8 Å². The van der Waals surface area contributed by atoms with Crippen molar-refractivity contribution in [1.82, 2.24) is 9.80 Å². The quantitative estimate of drug-likeness (QED) is 0.535. The number of piperidine rings is 1. The van der Waals surface area contributed by atoms with Crippen LogP contribution in [0.1, 0.15) is 39.2 Å². The molecule has 9 heteroatoms. The summed E-state index contributed by atoms with van der Waals surface area (Å²) in [7, 11) is 0. The molecule has 1 aromatic carbocycles. The first kappa shape index (κ1) is 23.6. The molecule has 1 N–H and O–H groups in total. The van der Waals surface area contributed by atoms with Crippen molar-refractivity contribution in [3.05, 3.63) is 32.8 Å². The van der Waals surface area contributed by atoms with Gasteiger partial charge in [-0.3, -0.25) is 15.0 Å². The Balaban J connectivity index is 1.59. The van der Waals surface area contributed by atoms with Crippen LogP contribution in [0.4, 0.5) is 16.2 Å². The van der Waals surface area contributed by atoms with Gasteiger partial charge in [-0.15, -0.1) is 0 Å². The molecule has 2 fully saturated rings. The van der Waals surface area contributed by atoms with E-state index < -0.39 is 11.0 Å². The predicted molar refractivity (Wildman–Crippen MR) is 122 cm³/mol.